The molecule has 0 unspecified atom stereocenters. The maximum Gasteiger partial charge on any atom is 0.160 e. The van der Waals surface area contributed by atoms with E-state index in [1.807, 2.05) is 0 Å². The highest BCUT2D eigenvalue weighted by Crippen LogP contribution is 2.29. The van der Waals surface area contributed by atoms with E-state index in [-0.39, 0.29) is 5.02 Å². The lowest BCUT2D eigenvalue weighted by Crippen LogP contribution is -1.84. The van der Waals surface area contributed by atoms with Gasteiger partial charge in [-0.1, -0.05) is 11.6 Å². The molecule has 2 aromatic rings. The predicted octanol–water partition coefficient (Wildman–Crippen LogP) is 3.00. The molecule has 0 aliphatic rings. The van der Waals surface area contributed by atoms with Crippen LogP contribution in [0.25, 0.3) is 11.1 Å². The van der Waals surface area contributed by atoms with E-state index in [0.29, 0.717) is 5.56 Å². The normalized spacial score (nSPS) is 10.3. The zero-order valence-electron chi connectivity index (χ0n) is 6.37. The fraction of sp³-hybridized carbons (Fsp3) is 0. The standard InChI is InChI=1S/C8H4ClFN2S/c9-8-6(2-11-3-7(8)10)5-1-12-13-4-5/h1-4H. The number of hydrogen-bond acceptors (Lipinski definition) is 3. The summed E-state index contributed by atoms with van der Waals surface area (Å²) in [5.41, 5.74) is 1.37. The fourth-order valence-electron chi connectivity index (χ4n) is 0.958. The molecule has 0 amide bonds. The maximum atomic E-state index is 13.0. The third-order valence-electron chi connectivity index (χ3n) is 1.58. The monoisotopic (exact) mass is 214 g/mol. The summed E-state index contributed by atoms with van der Waals surface area (Å²) in [7, 11) is 0. The topological polar surface area (TPSA) is 25.8 Å². The van der Waals surface area contributed by atoms with Gasteiger partial charge in [-0.2, -0.15) is 0 Å². The molecule has 66 valence electrons. The van der Waals surface area contributed by atoms with Gasteiger partial charge in [0.25, 0.3) is 0 Å². The van der Waals surface area contributed by atoms with Crippen LogP contribution in [0.3, 0.4) is 0 Å². The van der Waals surface area contributed by atoms with Crippen LogP contribution < -0.4 is 0 Å². The fourth-order valence-corrected chi connectivity index (χ4v) is 1.70. The molecular weight excluding hydrogens is 211 g/mol. The molecule has 0 radical (unpaired) electrons. The lowest BCUT2D eigenvalue weighted by Gasteiger charge is -1.99. The van der Waals surface area contributed by atoms with E-state index in [1.165, 1.54) is 17.7 Å². The van der Waals surface area contributed by atoms with Crippen LogP contribution in [-0.2, 0) is 0 Å². The highest BCUT2D eigenvalue weighted by atomic mass is 35.5. The van der Waals surface area contributed by atoms with Crippen molar-refractivity contribution in [3.63, 3.8) is 0 Å². The number of pyridine rings is 1. The quantitative estimate of drug-likeness (QED) is 0.729. The van der Waals surface area contributed by atoms with Crippen LogP contribution in [0.4, 0.5) is 4.39 Å². The first-order valence-electron chi connectivity index (χ1n) is 3.48. The van der Waals surface area contributed by atoms with Gasteiger partial charge in [0, 0.05) is 28.9 Å². The first-order chi connectivity index (χ1) is 6.29. The van der Waals surface area contributed by atoms with Gasteiger partial charge in [0.05, 0.1) is 11.2 Å². The Bertz CT molecular complexity index is 416. The molecule has 2 aromatic heterocycles. The molecular formula is C8H4ClFN2S. The Morgan fingerprint density at radius 3 is 2.85 bits per heavy atom. The van der Waals surface area contributed by atoms with Gasteiger partial charge in [-0.3, -0.25) is 4.98 Å². The molecule has 0 N–H and O–H groups in total. The van der Waals surface area contributed by atoms with Crippen LogP contribution >= 0.6 is 23.1 Å². The van der Waals surface area contributed by atoms with Crippen molar-refractivity contribution < 1.29 is 4.39 Å². The number of halogens is 2. The van der Waals surface area contributed by atoms with Crippen molar-refractivity contribution in [1.29, 1.82) is 0 Å². The van der Waals surface area contributed by atoms with Crippen molar-refractivity contribution in [3.8, 4) is 11.1 Å². The minimum absolute atomic E-state index is 0.0928. The SMILES string of the molecule is Fc1cncc(-c2cnsc2)c1Cl. The Morgan fingerprint density at radius 1 is 1.31 bits per heavy atom. The first kappa shape index (κ1) is 8.59. The molecule has 0 fully saturated rings. The van der Waals surface area contributed by atoms with E-state index in [1.54, 1.807) is 11.6 Å². The summed E-state index contributed by atoms with van der Waals surface area (Å²) in [6.07, 6.45) is 4.24. The molecule has 2 nitrogen and oxygen atoms in total. The Kier molecular flexibility index (Phi) is 2.24. The lowest BCUT2D eigenvalue weighted by molar-refractivity contribution is 0.622. The molecule has 0 aliphatic heterocycles. The van der Waals surface area contributed by atoms with Crippen molar-refractivity contribution in [3.05, 3.63) is 34.8 Å². The Hall–Kier alpha value is -1.00. The highest BCUT2D eigenvalue weighted by Gasteiger charge is 2.08. The average molecular weight is 215 g/mol. The summed E-state index contributed by atoms with van der Waals surface area (Å²) in [5.74, 6) is -0.509. The Balaban J connectivity index is 2.59. The molecule has 0 spiro atoms. The smallest absolute Gasteiger partial charge is 0.160 e. The maximum absolute atomic E-state index is 13.0. The van der Waals surface area contributed by atoms with Crippen LogP contribution in [0.1, 0.15) is 0 Å². The van der Waals surface area contributed by atoms with Crippen LogP contribution in [0.2, 0.25) is 5.02 Å². The first-order valence-corrected chi connectivity index (χ1v) is 4.69. The Labute approximate surface area is 83.2 Å². The summed E-state index contributed by atoms with van der Waals surface area (Å²) in [6, 6.07) is 0. The van der Waals surface area contributed by atoms with E-state index < -0.39 is 5.82 Å². The minimum Gasteiger partial charge on any atom is -0.261 e. The number of nitrogens with zero attached hydrogens (tertiary/aromatic N) is 2. The van der Waals surface area contributed by atoms with Crippen LogP contribution in [0.5, 0.6) is 0 Å². The molecule has 13 heavy (non-hydrogen) atoms. The second-order valence-corrected chi connectivity index (χ2v) is 3.43. The number of rotatable bonds is 1. The number of aromatic nitrogens is 2. The summed E-state index contributed by atoms with van der Waals surface area (Å²) in [6.45, 7) is 0. The highest BCUT2D eigenvalue weighted by molar-refractivity contribution is 7.03. The molecule has 0 bridgehead atoms. The molecule has 2 rings (SSSR count). The van der Waals surface area contributed by atoms with Gasteiger partial charge >= 0.3 is 0 Å². The summed E-state index contributed by atoms with van der Waals surface area (Å²) in [4.78, 5) is 3.72. The second-order valence-electron chi connectivity index (χ2n) is 2.40. The van der Waals surface area contributed by atoms with E-state index >= 15 is 0 Å². The predicted molar refractivity (Wildman–Crippen MR) is 50.3 cm³/mol. The van der Waals surface area contributed by atoms with E-state index in [0.717, 1.165) is 11.8 Å². The molecule has 5 heteroatoms. The van der Waals surface area contributed by atoms with Gasteiger partial charge in [-0.15, -0.1) is 0 Å². The summed E-state index contributed by atoms with van der Waals surface area (Å²) >= 11 is 7.04. The van der Waals surface area contributed by atoms with E-state index in [4.69, 9.17) is 11.6 Å². The van der Waals surface area contributed by atoms with E-state index in [2.05, 4.69) is 9.36 Å². The lowest BCUT2D eigenvalue weighted by atomic mass is 10.2. The van der Waals surface area contributed by atoms with Gasteiger partial charge in [-0.25, -0.2) is 8.76 Å². The van der Waals surface area contributed by atoms with Gasteiger partial charge in [0.1, 0.15) is 0 Å². The van der Waals surface area contributed by atoms with Crippen molar-refractivity contribution in [2.75, 3.05) is 0 Å². The van der Waals surface area contributed by atoms with Crippen LogP contribution in [0, 0.1) is 5.82 Å². The zero-order valence-corrected chi connectivity index (χ0v) is 7.94. The van der Waals surface area contributed by atoms with Gasteiger partial charge in [-0.05, 0) is 11.5 Å². The van der Waals surface area contributed by atoms with Crippen molar-refractivity contribution >= 4 is 23.1 Å². The van der Waals surface area contributed by atoms with Gasteiger partial charge in [0.2, 0.25) is 0 Å². The van der Waals surface area contributed by atoms with Crippen molar-refractivity contribution in [1.82, 2.24) is 9.36 Å². The van der Waals surface area contributed by atoms with Gasteiger partial charge < -0.3 is 0 Å². The van der Waals surface area contributed by atoms with Crippen molar-refractivity contribution in [2.24, 2.45) is 0 Å². The third-order valence-corrected chi connectivity index (χ3v) is 2.55. The molecule has 0 saturated heterocycles. The van der Waals surface area contributed by atoms with E-state index in [9.17, 15) is 4.39 Å². The summed E-state index contributed by atoms with van der Waals surface area (Å²) < 4.78 is 16.9. The summed E-state index contributed by atoms with van der Waals surface area (Å²) in [5, 5.41) is 1.89. The molecule has 0 aromatic carbocycles. The van der Waals surface area contributed by atoms with Crippen molar-refractivity contribution in [2.45, 2.75) is 0 Å². The van der Waals surface area contributed by atoms with Crippen LogP contribution in [0.15, 0.2) is 24.0 Å². The Morgan fingerprint density at radius 2 is 2.15 bits per heavy atom. The second kappa shape index (κ2) is 3.40. The largest absolute Gasteiger partial charge is 0.261 e. The average Bonchev–Trinajstić information content (AvgIpc) is 2.62. The molecule has 0 saturated carbocycles. The van der Waals surface area contributed by atoms with Gasteiger partial charge in [0.15, 0.2) is 5.82 Å². The third kappa shape index (κ3) is 1.55. The van der Waals surface area contributed by atoms with Crippen LogP contribution in [-0.4, -0.2) is 9.36 Å². The number of hydrogen-bond donors (Lipinski definition) is 0. The molecule has 2 heterocycles. The zero-order chi connectivity index (χ0) is 9.26. The minimum atomic E-state index is -0.509. The molecule has 0 atom stereocenters. The molecule has 0 aliphatic carbocycles.